The number of rotatable bonds is 12. The van der Waals surface area contributed by atoms with Crippen LogP contribution in [0.25, 0.3) is 0 Å². The van der Waals surface area contributed by atoms with Crippen molar-refractivity contribution in [3.05, 3.63) is 34.8 Å². The molecule has 0 fully saturated rings. The lowest BCUT2D eigenvalue weighted by Gasteiger charge is -2.06. The number of carbonyl (C=O) groups is 2. The molecule has 1 aromatic carbocycles. The summed E-state index contributed by atoms with van der Waals surface area (Å²) in [4.78, 5) is 23.1. The van der Waals surface area contributed by atoms with Gasteiger partial charge in [-0.3, -0.25) is 14.9 Å². The van der Waals surface area contributed by atoms with Crippen LogP contribution in [0.1, 0.15) is 60.8 Å². The smallest absolute Gasteiger partial charge is 0.257 e. The van der Waals surface area contributed by atoms with Crippen LogP contribution in [0.2, 0.25) is 0 Å². The Morgan fingerprint density at radius 3 is 2.70 bits per heavy atom. The number of nitrogens with one attached hydrogen (secondary N) is 1. The lowest BCUT2D eigenvalue weighted by Crippen LogP contribution is -2.20. The summed E-state index contributed by atoms with van der Waals surface area (Å²) in [6, 6.07) is 6.54. The number of amides is 2. The van der Waals surface area contributed by atoms with Crippen LogP contribution in [0.5, 0.6) is 5.75 Å². The standard InChI is InChI=1S/C19H26N4O3S/c1-2-3-4-5-6-7-11-17-22-23-19(27-17)21-18(25)14-9-8-10-15(12-14)26-13-16(20)24/h8-10,12H,2-7,11,13H2,1H3,(H2,20,24)(H,21,23,25). The van der Waals surface area contributed by atoms with E-state index in [2.05, 4.69) is 22.4 Å². The van der Waals surface area contributed by atoms with Crippen molar-refractivity contribution < 1.29 is 14.3 Å². The van der Waals surface area contributed by atoms with Crippen molar-refractivity contribution in [2.75, 3.05) is 11.9 Å². The number of nitrogens with zero attached hydrogens (tertiary/aromatic N) is 2. The second-order valence-corrected chi connectivity index (χ2v) is 7.32. The van der Waals surface area contributed by atoms with Gasteiger partial charge in [-0.15, -0.1) is 10.2 Å². The van der Waals surface area contributed by atoms with E-state index in [-0.39, 0.29) is 12.5 Å². The Balaban J connectivity index is 1.81. The number of aryl methyl sites for hydroxylation is 1. The number of primary amides is 1. The van der Waals surface area contributed by atoms with Crippen molar-refractivity contribution in [1.29, 1.82) is 0 Å². The predicted molar refractivity (Wildman–Crippen MR) is 106 cm³/mol. The zero-order chi connectivity index (χ0) is 19.5. The lowest BCUT2D eigenvalue weighted by atomic mass is 10.1. The van der Waals surface area contributed by atoms with Gasteiger partial charge in [-0.05, 0) is 24.6 Å². The normalized spacial score (nSPS) is 10.6. The van der Waals surface area contributed by atoms with Crippen LogP contribution in [0.3, 0.4) is 0 Å². The summed E-state index contributed by atoms with van der Waals surface area (Å²) in [5.41, 5.74) is 5.46. The first kappa shape index (κ1) is 20.8. The minimum atomic E-state index is -0.573. The van der Waals surface area contributed by atoms with Gasteiger partial charge in [0.25, 0.3) is 11.8 Å². The summed E-state index contributed by atoms with van der Waals surface area (Å²) >= 11 is 1.40. The summed E-state index contributed by atoms with van der Waals surface area (Å²) in [6.45, 7) is 1.98. The predicted octanol–water partition coefficient (Wildman–Crippen LogP) is 3.56. The molecule has 0 atom stereocenters. The molecule has 146 valence electrons. The van der Waals surface area contributed by atoms with Crippen molar-refractivity contribution in [1.82, 2.24) is 10.2 Å². The van der Waals surface area contributed by atoms with Gasteiger partial charge >= 0.3 is 0 Å². The molecule has 1 heterocycles. The van der Waals surface area contributed by atoms with Gasteiger partial charge in [0.15, 0.2) is 6.61 Å². The van der Waals surface area contributed by atoms with Crippen LogP contribution in [0.15, 0.2) is 24.3 Å². The van der Waals surface area contributed by atoms with Crippen LogP contribution in [0, 0.1) is 0 Å². The fraction of sp³-hybridized carbons (Fsp3) is 0.474. The molecule has 0 bridgehead atoms. The third-order valence-electron chi connectivity index (χ3n) is 3.91. The third kappa shape index (κ3) is 7.74. The summed E-state index contributed by atoms with van der Waals surface area (Å²) in [6.07, 6.45) is 8.25. The third-order valence-corrected chi connectivity index (χ3v) is 4.81. The van der Waals surface area contributed by atoms with Gasteiger partial charge in [-0.25, -0.2) is 0 Å². The number of hydrogen-bond acceptors (Lipinski definition) is 6. The maximum atomic E-state index is 12.4. The monoisotopic (exact) mass is 390 g/mol. The highest BCUT2D eigenvalue weighted by Gasteiger charge is 2.11. The highest BCUT2D eigenvalue weighted by atomic mass is 32.1. The number of aromatic nitrogens is 2. The first-order chi connectivity index (χ1) is 13.1. The van der Waals surface area contributed by atoms with Crippen molar-refractivity contribution >= 4 is 28.3 Å². The maximum absolute atomic E-state index is 12.4. The Hall–Kier alpha value is -2.48. The van der Waals surface area contributed by atoms with Crippen LogP contribution in [-0.2, 0) is 11.2 Å². The van der Waals surface area contributed by atoms with E-state index >= 15 is 0 Å². The Kier molecular flexibility index (Phi) is 8.70. The Bertz CT molecular complexity index is 748. The highest BCUT2D eigenvalue weighted by Crippen LogP contribution is 2.20. The Labute approximate surface area is 163 Å². The second-order valence-electron chi connectivity index (χ2n) is 6.26. The van der Waals surface area contributed by atoms with Gasteiger partial charge in [0.1, 0.15) is 10.8 Å². The van der Waals surface area contributed by atoms with Crippen LogP contribution >= 0.6 is 11.3 Å². The second kappa shape index (κ2) is 11.3. The molecule has 0 saturated carbocycles. The van der Waals surface area contributed by atoms with Crippen molar-refractivity contribution in [2.24, 2.45) is 5.73 Å². The van der Waals surface area contributed by atoms with E-state index in [4.69, 9.17) is 10.5 Å². The fourth-order valence-corrected chi connectivity index (χ4v) is 3.29. The molecule has 27 heavy (non-hydrogen) atoms. The first-order valence-electron chi connectivity index (χ1n) is 9.23. The van der Waals surface area contributed by atoms with Crippen molar-refractivity contribution in [2.45, 2.75) is 51.9 Å². The van der Waals surface area contributed by atoms with E-state index in [0.29, 0.717) is 16.4 Å². The molecule has 0 aliphatic heterocycles. The molecule has 1 aromatic heterocycles. The van der Waals surface area contributed by atoms with E-state index in [9.17, 15) is 9.59 Å². The largest absolute Gasteiger partial charge is 0.484 e. The number of anilines is 1. The number of nitrogens with two attached hydrogens (primary N) is 1. The number of benzene rings is 1. The topological polar surface area (TPSA) is 107 Å². The maximum Gasteiger partial charge on any atom is 0.257 e. The molecular formula is C19H26N4O3S. The quantitative estimate of drug-likeness (QED) is 0.539. The fourth-order valence-electron chi connectivity index (χ4n) is 2.51. The minimum Gasteiger partial charge on any atom is -0.484 e. The van der Waals surface area contributed by atoms with Crippen molar-refractivity contribution in [3.63, 3.8) is 0 Å². The summed E-state index contributed by atoms with van der Waals surface area (Å²) in [5.74, 6) is -0.471. The summed E-state index contributed by atoms with van der Waals surface area (Å²) in [7, 11) is 0. The molecule has 0 aliphatic carbocycles. The molecular weight excluding hydrogens is 364 g/mol. The molecule has 2 rings (SSSR count). The first-order valence-corrected chi connectivity index (χ1v) is 10.0. The molecule has 0 saturated heterocycles. The van der Waals surface area contributed by atoms with Gasteiger partial charge in [0.2, 0.25) is 5.13 Å². The van der Waals surface area contributed by atoms with Gasteiger partial charge in [0, 0.05) is 12.0 Å². The number of carbonyl (C=O) groups excluding carboxylic acids is 2. The van der Waals surface area contributed by atoms with Gasteiger partial charge in [-0.2, -0.15) is 0 Å². The SMILES string of the molecule is CCCCCCCCc1nnc(NC(=O)c2cccc(OCC(N)=O)c2)s1. The zero-order valence-corrected chi connectivity index (χ0v) is 16.4. The van der Waals surface area contributed by atoms with E-state index in [0.717, 1.165) is 17.8 Å². The Morgan fingerprint density at radius 2 is 1.93 bits per heavy atom. The molecule has 0 unspecified atom stereocenters. The molecule has 8 heteroatoms. The van der Waals surface area contributed by atoms with Gasteiger partial charge in [-0.1, -0.05) is 56.4 Å². The van der Waals surface area contributed by atoms with Gasteiger partial charge in [0.05, 0.1) is 0 Å². The molecule has 7 nitrogen and oxygen atoms in total. The molecule has 2 amide bonds. The number of ether oxygens (including phenoxy) is 1. The average molecular weight is 391 g/mol. The van der Waals surface area contributed by atoms with E-state index in [1.165, 1.54) is 43.4 Å². The Morgan fingerprint density at radius 1 is 1.15 bits per heavy atom. The van der Waals surface area contributed by atoms with Crippen molar-refractivity contribution in [3.8, 4) is 5.75 Å². The summed E-state index contributed by atoms with van der Waals surface area (Å²) in [5, 5.41) is 12.3. The molecule has 0 aliphatic rings. The van der Waals surface area contributed by atoms with E-state index < -0.39 is 5.91 Å². The van der Waals surface area contributed by atoms with E-state index in [1.807, 2.05) is 0 Å². The van der Waals surface area contributed by atoms with Crippen LogP contribution in [-0.4, -0.2) is 28.6 Å². The highest BCUT2D eigenvalue weighted by molar-refractivity contribution is 7.15. The summed E-state index contributed by atoms with van der Waals surface area (Å²) < 4.78 is 5.21. The minimum absolute atomic E-state index is 0.233. The molecule has 0 radical (unpaired) electrons. The average Bonchev–Trinajstić information content (AvgIpc) is 3.10. The van der Waals surface area contributed by atoms with E-state index in [1.54, 1.807) is 24.3 Å². The van der Waals surface area contributed by atoms with Crippen LogP contribution in [0.4, 0.5) is 5.13 Å². The van der Waals surface area contributed by atoms with Crippen LogP contribution < -0.4 is 15.8 Å². The molecule has 3 N–H and O–H groups in total. The molecule has 2 aromatic rings. The number of hydrogen-bond donors (Lipinski definition) is 2. The van der Waals surface area contributed by atoms with Gasteiger partial charge < -0.3 is 10.5 Å². The number of unbranched alkanes of at least 4 members (excludes halogenated alkanes) is 5. The zero-order valence-electron chi connectivity index (χ0n) is 15.6. The molecule has 0 spiro atoms. The lowest BCUT2D eigenvalue weighted by molar-refractivity contribution is -0.119.